The first kappa shape index (κ1) is 17.9. The zero-order valence-electron chi connectivity index (χ0n) is 15.5. The normalized spacial score (nSPS) is 19.0. The summed E-state index contributed by atoms with van der Waals surface area (Å²) in [6.07, 6.45) is 3.56. The van der Waals surface area contributed by atoms with Gasteiger partial charge in [-0.25, -0.2) is 8.42 Å². The number of nitrogens with two attached hydrogens (primary N) is 1. The number of rotatable bonds is 2. The molecule has 0 saturated heterocycles. The lowest BCUT2D eigenvalue weighted by Gasteiger charge is -2.30. The molecule has 1 amide bonds. The van der Waals surface area contributed by atoms with Crippen LogP contribution in [0.3, 0.4) is 0 Å². The van der Waals surface area contributed by atoms with Gasteiger partial charge in [0.2, 0.25) is 10.0 Å². The third kappa shape index (κ3) is 2.96. The van der Waals surface area contributed by atoms with Crippen LogP contribution < -0.4 is 14.9 Å². The van der Waals surface area contributed by atoms with E-state index in [1.165, 1.54) is 10.6 Å². The molecule has 7 heteroatoms. The minimum absolute atomic E-state index is 0.0743. The number of hydrogen-bond donors (Lipinski definition) is 1. The van der Waals surface area contributed by atoms with Gasteiger partial charge in [0.1, 0.15) is 0 Å². The maximum atomic E-state index is 13.2. The third-order valence-electron chi connectivity index (χ3n) is 5.37. The van der Waals surface area contributed by atoms with Gasteiger partial charge in [-0.3, -0.25) is 9.10 Å². The smallest absolute Gasteiger partial charge is 0.258 e. The lowest BCUT2D eigenvalue weighted by atomic mass is 9.98. The number of nitrogen functional groups attached to an aromatic ring is 1. The Morgan fingerprint density at radius 2 is 1.96 bits per heavy atom. The van der Waals surface area contributed by atoms with E-state index in [2.05, 4.69) is 0 Å². The first-order valence-electron chi connectivity index (χ1n) is 9.09. The van der Waals surface area contributed by atoms with E-state index in [1.807, 2.05) is 31.2 Å². The molecule has 2 aromatic carbocycles. The SMILES string of the molecule is CC1Cc2cc(C(=O)N3CCCc4c(N)cccc43)ccc2N1S(C)(=O)=O. The van der Waals surface area contributed by atoms with Crippen LogP contribution in [-0.4, -0.2) is 33.2 Å². The summed E-state index contributed by atoms with van der Waals surface area (Å²) in [7, 11) is -3.34. The molecule has 142 valence electrons. The Kier molecular flexibility index (Phi) is 4.14. The van der Waals surface area contributed by atoms with E-state index in [0.717, 1.165) is 35.3 Å². The largest absolute Gasteiger partial charge is 0.398 e. The number of anilines is 3. The van der Waals surface area contributed by atoms with Crippen LogP contribution in [-0.2, 0) is 22.9 Å². The second kappa shape index (κ2) is 6.27. The van der Waals surface area contributed by atoms with E-state index < -0.39 is 10.0 Å². The van der Waals surface area contributed by atoms with Gasteiger partial charge in [0, 0.05) is 29.5 Å². The summed E-state index contributed by atoms with van der Waals surface area (Å²) in [4.78, 5) is 15.0. The molecule has 2 aliphatic heterocycles. The van der Waals surface area contributed by atoms with Gasteiger partial charge in [-0.05, 0) is 67.6 Å². The van der Waals surface area contributed by atoms with Crippen LogP contribution in [0.2, 0.25) is 0 Å². The van der Waals surface area contributed by atoms with Crippen LogP contribution >= 0.6 is 0 Å². The number of benzene rings is 2. The first-order chi connectivity index (χ1) is 12.8. The highest BCUT2D eigenvalue weighted by atomic mass is 32.2. The fraction of sp³-hybridized carbons (Fsp3) is 0.350. The summed E-state index contributed by atoms with van der Waals surface area (Å²) in [6, 6.07) is 10.8. The van der Waals surface area contributed by atoms with Crippen LogP contribution in [0.5, 0.6) is 0 Å². The maximum Gasteiger partial charge on any atom is 0.258 e. The average molecular weight is 385 g/mol. The summed E-state index contributed by atoms with van der Waals surface area (Å²) in [5, 5.41) is 0. The zero-order chi connectivity index (χ0) is 19.3. The molecule has 0 fully saturated rings. The number of sulfonamides is 1. The molecule has 1 unspecified atom stereocenters. The number of carbonyl (C=O) groups is 1. The van der Waals surface area contributed by atoms with E-state index in [9.17, 15) is 13.2 Å². The molecule has 0 saturated carbocycles. The van der Waals surface area contributed by atoms with E-state index in [1.54, 1.807) is 17.0 Å². The van der Waals surface area contributed by atoms with Crippen LogP contribution in [0.1, 0.15) is 34.8 Å². The highest BCUT2D eigenvalue weighted by Crippen LogP contribution is 2.36. The highest BCUT2D eigenvalue weighted by molar-refractivity contribution is 7.92. The van der Waals surface area contributed by atoms with E-state index in [-0.39, 0.29) is 11.9 Å². The topological polar surface area (TPSA) is 83.7 Å². The van der Waals surface area contributed by atoms with Gasteiger partial charge in [-0.1, -0.05) is 6.07 Å². The number of nitrogens with zero attached hydrogens (tertiary/aromatic N) is 2. The first-order valence-corrected chi connectivity index (χ1v) is 10.9. The number of fused-ring (bicyclic) bond motifs is 2. The van der Waals surface area contributed by atoms with Crippen LogP contribution in [0.4, 0.5) is 17.1 Å². The molecule has 27 heavy (non-hydrogen) atoms. The van der Waals surface area contributed by atoms with E-state index in [4.69, 9.17) is 5.73 Å². The van der Waals surface area contributed by atoms with Crippen molar-refractivity contribution in [1.82, 2.24) is 0 Å². The predicted molar refractivity (Wildman–Crippen MR) is 108 cm³/mol. The second-order valence-corrected chi connectivity index (χ2v) is 9.22. The zero-order valence-corrected chi connectivity index (χ0v) is 16.3. The monoisotopic (exact) mass is 385 g/mol. The molecular weight excluding hydrogens is 362 g/mol. The summed E-state index contributed by atoms with van der Waals surface area (Å²) < 4.78 is 25.6. The third-order valence-corrected chi connectivity index (χ3v) is 6.64. The Hall–Kier alpha value is -2.54. The molecule has 2 aliphatic rings. The van der Waals surface area contributed by atoms with Crippen molar-refractivity contribution < 1.29 is 13.2 Å². The fourth-order valence-corrected chi connectivity index (χ4v) is 5.52. The van der Waals surface area contributed by atoms with Crippen molar-refractivity contribution in [3.8, 4) is 0 Å². The molecule has 2 aromatic rings. The van der Waals surface area contributed by atoms with Crippen LogP contribution in [0.25, 0.3) is 0 Å². The molecule has 4 rings (SSSR count). The van der Waals surface area contributed by atoms with Gasteiger partial charge in [0.05, 0.1) is 11.9 Å². The molecule has 1 atom stereocenters. The van der Waals surface area contributed by atoms with Crippen molar-refractivity contribution in [3.63, 3.8) is 0 Å². The number of hydrogen-bond acceptors (Lipinski definition) is 4. The number of carbonyl (C=O) groups excluding carboxylic acids is 1. The Morgan fingerprint density at radius 1 is 1.19 bits per heavy atom. The summed E-state index contributed by atoms with van der Waals surface area (Å²) in [5.74, 6) is -0.0743. The predicted octanol–water partition coefficient (Wildman–Crippen LogP) is 2.57. The standard InChI is InChI=1S/C20H23N3O3S/c1-13-11-15-12-14(8-9-18(15)23(13)27(2,25)26)20(24)22-10-4-5-16-17(21)6-3-7-19(16)22/h3,6-9,12-13H,4-5,10-11,21H2,1-2H3. The van der Waals surface area contributed by atoms with E-state index >= 15 is 0 Å². The Labute approximate surface area is 159 Å². The summed E-state index contributed by atoms with van der Waals surface area (Å²) in [5.41, 5.74) is 10.8. The molecular formula is C20H23N3O3S. The Balaban J connectivity index is 1.70. The molecule has 2 heterocycles. The molecule has 0 aliphatic carbocycles. The van der Waals surface area contributed by atoms with Crippen LogP contribution in [0, 0.1) is 0 Å². The highest BCUT2D eigenvalue weighted by Gasteiger charge is 2.33. The van der Waals surface area contributed by atoms with Crippen molar-refractivity contribution in [3.05, 3.63) is 53.1 Å². The molecule has 0 radical (unpaired) electrons. The van der Waals surface area contributed by atoms with E-state index in [0.29, 0.717) is 24.2 Å². The summed E-state index contributed by atoms with van der Waals surface area (Å²) in [6.45, 7) is 2.53. The van der Waals surface area contributed by atoms with Crippen LogP contribution in [0.15, 0.2) is 36.4 Å². The van der Waals surface area contributed by atoms with Crippen molar-refractivity contribution in [2.45, 2.75) is 32.2 Å². The van der Waals surface area contributed by atoms with Crippen molar-refractivity contribution in [1.29, 1.82) is 0 Å². The maximum absolute atomic E-state index is 13.2. The molecule has 0 spiro atoms. The van der Waals surface area contributed by atoms with Gasteiger partial charge >= 0.3 is 0 Å². The summed E-state index contributed by atoms with van der Waals surface area (Å²) >= 11 is 0. The van der Waals surface area contributed by atoms with Crippen molar-refractivity contribution in [2.75, 3.05) is 27.7 Å². The van der Waals surface area contributed by atoms with Gasteiger partial charge in [0.25, 0.3) is 5.91 Å². The Morgan fingerprint density at radius 3 is 2.70 bits per heavy atom. The second-order valence-electron chi connectivity index (χ2n) is 7.36. The lowest BCUT2D eigenvalue weighted by Crippen LogP contribution is -2.36. The minimum atomic E-state index is -3.34. The Bertz CT molecular complexity index is 1030. The van der Waals surface area contributed by atoms with Gasteiger partial charge < -0.3 is 10.6 Å². The molecule has 0 aromatic heterocycles. The molecule has 2 N–H and O–H groups in total. The molecule has 0 bridgehead atoms. The minimum Gasteiger partial charge on any atom is -0.398 e. The quantitative estimate of drug-likeness (QED) is 0.806. The van der Waals surface area contributed by atoms with Gasteiger partial charge in [-0.2, -0.15) is 0 Å². The van der Waals surface area contributed by atoms with Crippen molar-refractivity contribution in [2.24, 2.45) is 0 Å². The number of amides is 1. The van der Waals surface area contributed by atoms with Gasteiger partial charge in [0.15, 0.2) is 0 Å². The van der Waals surface area contributed by atoms with Gasteiger partial charge in [-0.15, -0.1) is 0 Å². The fourth-order valence-electron chi connectivity index (χ4n) is 4.26. The average Bonchev–Trinajstić information content (AvgIpc) is 2.96. The lowest BCUT2D eigenvalue weighted by molar-refractivity contribution is 0.0985. The molecule has 6 nitrogen and oxygen atoms in total. The van der Waals surface area contributed by atoms with Crippen molar-refractivity contribution >= 4 is 33.0 Å².